The molecule has 0 N–H and O–H groups in total. The van der Waals surface area contributed by atoms with E-state index in [1.165, 1.54) is 30.5 Å². The maximum Gasteiger partial charge on any atom is 0.332 e. The Morgan fingerprint density at radius 2 is 1.52 bits per heavy atom. The molecule has 0 saturated carbocycles. The number of nitrogens with zero attached hydrogens (tertiary/aromatic N) is 7. The standard InChI is InChI=1S/C18H25N7O2/c1-21-15(13-16(26)22(2)18(21)27)24-9-11-25(12-10-24)17-19-6-5-14(20-17)23-7-3-4-8-23/h5-6,13H,3-4,7-12H2,1-2H3. The lowest BCUT2D eigenvalue weighted by Crippen LogP contribution is -2.49. The predicted octanol–water partition coefficient (Wildman–Crippen LogP) is -0.199. The molecule has 9 heteroatoms. The van der Waals surface area contributed by atoms with Crippen molar-refractivity contribution in [3.63, 3.8) is 0 Å². The third kappa shape index (κ3) is 3.29. The molecule has 0 amide bonds. The fourth-order valence-corrected chi connectivity index (χ4v) is 3.77. The molecule has 9 nitrogen and oxygen atoms in total. The average Bonchev–Trinajstić information content (AvgIpc) is 3.24. The predicted molar refractivity (Wildman–Crippen MR) is 105 cm³/mol. The van der Waals surface area contributed by atoms with Crippen molar-refractivity contribution in [2.24, 2.45) is 14.1 Å². The van der Waals surface area contributed by atoms with Gasteiger partial charge in [0.2, 0.25) is 5.95 Å². The van der Waals surface area contributed by atoms with E-state index < -0.39 is 0 Å². The highest BCUT2D eigenvalue weighted by Crippen LogP contribution is 2.21. The number of rotatable bonds is 3. The molecule has 0 bridgehead atoms. The Balaban J connectivity index is 1.49. The highest BCUT2D eigenvalue weighted by atomic mass is 16.2. The third-order valence-electron chi connectivity index (χ3n) is 5.45. The average molecular weight is 371 g/mol. The van der Waals surface area contributed by atoms with Crippen LogP contribution in [0.15, 0.2) is 27.9 Å². The summed E-state index contributed by atoms with van der Waals surface area (Å²) in [6.45, 7) is 5.01. The van der Waals surface area contributed by atoms with Crippen molar-refractivity contribution in [2.45, 2.75) is 12.8 Å². The molecule has 2 aromatic rings. The molecular formula is C18H25N7O2. The largest absolute Gasteiger partial charge is 0.356 e. The van der Waals surface area contributed by atoms with Gasteiger partial charge in [-0.2, -0.15) is 4.98 Å². The Morgan fingerprint density at radius 3 is 2.22 bits per heavy atom. The molecule has 4 rings (SSSR count). The molecule has 2 aliphatic heterocycles. The second-order valence-electron chi connectivity index (χ2n) is 7.12. The van der Waals surface area contributed by atoms with E-state index in [9.17, 15) is 9.59 Å². The second-order valence-corrected chi connectivity index (χ2v) is 7.12. The summed E-state index contributed by atoms with van der Waals surface area (Å²) in [5.74, 6) is 2.40. The maximum absolute atomic E-state index is 12.2. The van der Waals surface area contributed by atoms with E-state index in [0.717, 1.165) is 42.5 Å². The minimum absolute atomic E-state index is 0.280. The van der Waals surface area contributed by atoms with E-state index in [4.69, 9.17) is 4.98 Å². The third-order valence-corrected chi connectivity index (χ3v) is 5.45. The number of piperazine rings is 1. The smallest absolute Gasteiger partial charge is 0.332 e. The summed E-state index contributed by atoms with van der Waals surface area (Å²) in [6, 6.07) is 3.50. The zero-order chi connectivity index (χ0) is 19.0. The topological polar surface area (TPSA) is 79.5 Å². The monoisotopic (exact) mass is 371 g/mol. The fraction of sp³-hybridized carbons (Fsp3) is 0.556. The van der Waals surface area contributed by atoms with Gasteiger partial charge in [0.25, 0.3) is 5.56 Å². The van der Waals surface area contributed by atoms with Crippen LogP contribution in [0.3, 0.4) is 0 Å². The maximum atomic E-state index is 12.2. The molecule has 0 spiro atoms. The fourth-order valence-electron chi connectivity index (χ4n) is 3.77. The summed E-state index contributed by atoms with van der Waals surface area (Å²) in [5.41, 5.74) is -0.584. The van der Waals surface area contributed by atoms with Gasteiger partial charge in [-0.15, -0.1) is 0 Å². The minimum atomic E-state index is -0.304. The van der Waals surface area contributed by atoms with Gasteiger partial charge in [0.15, 0.2) is 0 Å². The number of hydrogen-bond donors (Lipinski definition) is 0. The molecule has 4 heterocycles. The van der Waals surface area contributed by atoms with Crippen LogP contribution in [0.5, 0.6) is 0 Å². The van der Waals surface area contributed by atoms with Crippen molar-refractivity contribution >= 4 is 17.6 Å². The Labute approximate surface area is 157 Å². The molecule has 0 unspecified atom stereocenters. The van der Waals surface area contributed by atoms with Crippen molar-refractivity contribution in [2.75, 3.05) is 54.0 Å². The van der Waals surface area contributed by atoms with Crippen molar-refractivity contribution in [1.29, 1.82) is 0 Å². The van der Waals surface area contributed by atoms with E-state index in [1.54, 1.807) is 7.05 Å². The van der Waals surface area contributed by atoms with Crippen molar-refractivity contribution in [1.82, 2.24) is 19.1 Å². The Kier molecular flexibility index (Phi) is 4.59. The first-order valence-electron chi connectivity index (χ1n) is 9.39. The van der Waals surface area contributed by atoms with Crippen LogP contribution >= 0.6 is 0 Å². The van der Waals surface area contributed by atoms with Gasteiger partial charge in [-0.25, -0.2) is 9.78 Å². The summed E-state index contributed by atoms with van der Waals surface area (Å²) in [6.07, 6.45) is 4.26. The quantitative estimate of drug-likeness (QED) is 0.739. The molecule has 0 aliphatic carbocycles. The zero-order valence-corrected chi connectivity index (χ0v) is 15.8. The van der Waals surface area contributed by atoms with E-state index in [-0.39, 0.29) is 11.2 Å². The SMILES string of the molecule is Cn1c(N2CCN(c3nccc(N4CCCC4)n3)CC2)cc(=O)n(C)c1=O. The van der Waals surface area contributed by atoms with Crippen LogP contribution in [0, 0.1) is 0 Å². The number of anilines is 3. The number of hydrogen-bond acceptors (Lipinski definition) is 7. The summed E-state index contributed by atoms with van der Waals surface area (Å²) in [4.78, 5) is 39.9. The zero-order valence-electron chi connectivity index (χ0n) is 15.8. The molecule has 2 saturated heterocycles. The van der Waals surface area contributed by atoms with Crippen LogP contribution in [0.4, 0.5) is 17.6 Å². The second kappa shape index (κ2) is 7.05. The van der Waals surface area contributed by atoms with Gasteiger partial charge >= 0.3 is 5.69 Å². The molecule has 0 atom stereocenters. The van der Waals surface area contributed by atoms with Crippen LogP contribution in [0.25, 0.3) is 0 Å². The summed E-state index contributed by atoms with van der Waals surface area (Å²) >= 11 is 0. The Morgan fingerprint density at radius 1 is 0.852 bits per heavy atom. The van der Waals surface area contributed by atoms with Crippen LogP contribution < -0.4 is 25.9 Å². The molecular weight excluding hydrogens is 346 g/mol. The first kappa shape index (κ1) is 17.6. The van der Waals surface area contributed by atoms with E-state index in [2.05, 4.69) is 19.7 Å². The van der Waals surface area contributed by atoms with Gasteiger partial charge in [-0.1, -0.05) is 0 Å². The normalized spacial score (nSPS) is 17.6. The first-order valence-corrected chi connectivity index (χ1v) is 9.39. The lowest BCUT2D eigenvalue weighted by molar-refractivity contribution is 0.603. The van der Waals surface area contributed by atoms with Crippen molar-refractivity contribution in [3.8, 4) is 0 Å². The summed E-state index contributed by atoms with van der Waals surface area (Å²) < 4.78 is 2.65. The lowest BCUT2D eigenvalue weighted by Gasteiger charge is -2.36. The van der Waals surface area contributed by atoms with E-state index in [1.807, 2.05) is 12.3 Å². The Bertz CT molecular complexity index is 937. The highest BCUT2D eigenvalue weighted by Gasteiger charge is 2.23. The summed E-state index contributed by atoms with van der Waals surface area (Å²) in [5, 5.41) is 0. The summed E-state index contributed by atoms with van der Waals surface area (Å²) in [7, 11) is 3.20. The Hall–Kier alpha value is -2.84. The first-order chi connectivity index (χ1) is 13.0. The van der Waals surface area contributed by atoms with Gasteiger partial charge < -0.3 is 14.7 Å². The van der Waals surface area contributed by atoms with Gasteiger partial charge in [-0.05, 0) is 18.9 Å². The van der Waals surface area contributed by atoms with Crippen molar-refractivity contribution < 1.29 is 0 Å². The van der Waals surface area contributed by atoms with Crippen molar-refractivity contribution in [3.05, 3.63) is 39.2 Å². The molecule has 0 radical (unpaired) electrons. The van der Waals surface area contributed by atoms with Gasteiger partial charge in [0.05, 0.1) is 0 Å². The van der Waals surface area contributed by atoms with E-state index in [0.29, 0.717) is 18.9 Å². The molecule has 27 heavy (non-hydrogen) atoms. The lowest BCUT2D eigenvalue weighted by atomic mass is 10.3. The molecule has 2 aromatic heterocycles. The molecule has 2 fully saturated rings. The van der Waals surface area contributed by atoms with E-state index >= 15 is 0 Å². The van der Waals surface area contributed by atoms with Crippen LogP contribution in [0.2, 0.25) is 0 Å². The number of aromatic nitrogens is 4. The van der Waals surface area contributed by atoms with Gasteiger partial charge in [0, 0.05) is 65.6 Å². The van der Waals surface area contributed by atoms with Gasteiger partial charge in [0.1, 0.15) is 11.6 Å². The minimum Gasteiger partial charge on any atom is -0.356 e. The van der Waals surface area contributed by atoms with Gasteiger partial charge in [-0.3, -0.25) is 13.9 Å². The van der Waals surface area contributed by atoms with Crippen LogP contribution in [0.1, 0.15) is 12.8 Å². The molecule has 0 aromatic carbocycles. The van der Waals surface area contributed by atoms with Crippen LogP contribution in [-0.2, 0) is 14.1 Å². The molecule has 2 aliphatic rings. The van der Waals surface area contributed by atoms with Crippen LogP contribution in [-0.4, -0.2) is 58.4 Å². The molecule has 144 valence electrons. The highest BCUT2D eigenvalue weighted by molar-refractivity contribution is 5.46.